The summed E-state index contributed by atoms with van der Waals surface area (Å²) in [4.78, 5) is 33.4. The SMILES string of the molecule is C=CCOC(=O)Nc1nc2c(s1)C[C@H]1[C@](C)(CO)[C@H](O)CC[C@@]1(C)[C@H]2CC(=O)N1CCC(C)CC1. The molecule has 1 saturated heterocycles. The third-order valence-corrected chi connectivity index (χ3v) is 9.96. The van der Waals surface area contributed by atoms with Crippen molar-refractivity contribution in [3.05, 3.63) is 23.2 Å². The number of ether oxygens (including phenoxy) is 1. The van der Waals surface area contributed by atoms with Crippen molar-refractivity contribution in [1.29, 1.82) is 0 Å². The Hall–Kier alpha value is -1.97. The van der Waals surface area contributed by atoms with E-state index in [0.717, 1.165) is 42.9 Å². The number of carbonyl (C=O) groups is 2. The van der Waals surface area contributed by atoms with Crippen molar-refractivity contribution in [2.24, 2.45) is 22.7 Å². The van der Waals surface area contributed by atoms with Gasteiger partial charge >= 0.3 is 6.09 Å². The van der Waals surface area contributed by atoms with E-state index in [1.807, 2.05) is 11.8 Å². The number of amides is 2. The number of anilines is 1. The van der Waals surface area contributed by atoms with Gasteiger partial charge in [0.2, 0.25) is 5.91 Å². The molecule has 2 aliphatic carbocycles. The zero-order valence-electron chi connectivity index (χ0n) is 21.1. The van der Waals surface area contributed by atoms with E-state index in [0.29, 0.717) is 30.3 Å². The third-order valence-electron chi connectivity index (χ3n) is 8.95. The zero-order chi connectivity index (χ0) is 25.4. The topological polar surface area (TPSA) is 112 Å². The number of nitrogens with zero attached hydrogens (tertiary/aromatic N) is 2. The molecule has 0 radical (unpaired) electrons. The predicted octanol–water partition coefficient (Wildman–Crippen LogP) is 3.94. The molecule has 194 valence electrons. The first-order chi connectivity index (χ1) is 16.6. The van der Waals surface area contributed by atoms with Crippen molar-refractivity contribution in [3.8, 4) is 0 Å². The van der Waals surface area contributed by atoms with E-state index < -0.39 is 17.6 Å². The highest BCUT2D eigenvalue weighted by atomic mass is 32.1. The van der Waals surface area contributed by atoms with Gasteiger partial charge in [0.05, 0.1) is 18.4 Å². The van der Waals surface area contributed by atoms with Gasteiger partial charge in [-0.25, -0.2) is 9.78 Å². The average molecular weight is 506 g/mol. The first-order valence-corrected chi connectivity index (χ1v) is 13.5. The quantitative estimate of drug-likeness (QED) is 0.505. The summed E-state index contributed by atoms with van der Waals surface area (Å²) >= 11 is 1.39. The number of carbonyl (C=O) groups excluding carboxylic acids is 2. The Labute approximate surface area is 211 Å². The number of piperidine rings is 1. The normalized spacial score (nSPS) is 32.9. The van der Waals surface area contributed by atoms with Crippen molar-refractivity contribution in [1.82, 2.24) is 9.88 Å². The number of thiazole rings is 1. The third kappa shape index (κ3) is 4.87. The van der Waals surface area contributed by atoms with Gasteiger partial charge in [0.25, 0.3) is 0 Å². The Morgan fingerprint density at radius 1 is 1.31 bits per heavy atom. The molecular formula is C26H39N3O5S. The van der Waals surface area contributed by atoms with E-state index >= 15 is 0 Å². The molecule has 9 heteroatoms. The fourth-order valence-electron chi connectivity index (χ4n) is 6.52. The number of rotatable bonds is 6. The zero-order valence-corrected chi connectivity index (χ0v) is 21.9. The smallest absolute Gasteiger partial charge is 0.413 e. The standard InChI is InChI=1S/C26H39N3O5S/c1-5-12-34-24(33)28-23-27-22-17(13-21(32)29-10-7-16(2)8-11-29)25(3)9-6-20(31)26(4,15-30)19(25)14-18(22)35-23/h5,16-17,19-20,30-31H,1,6-15H2,2-4H3,(H,27,28,33)/t17-,19+,20+,25-,26-/m0/s1. The summed E-state index contributed by atoms with van der Waals surface area (Å²) in [6.07, 6.45) is 4.67. The number of aliphatic hydroxyl groups is 2. The van der Waals surface area contributed by atoms with Crippen LogP contribution in [0.25, 0.3) is 0 Å². The van der Waals surface area contributed by atoms with Crippen LogP contribution in [0.2, 0.25) is 0 Å². The summed E-state index contributed by atoms with van der Waals surface area (Å²) in [5.41, 5.74) is -0.118. The van der Waals surface area contributed by atoms with Crippen LogP contribution in [-0.2, 0) is 16.0 Å². The molecule has 2 amide bonds. The predicted molar refractivity (Wildman–Crippen MR) is 135 cm³/mol. The van der Waals surface area contributed by atoms with Crippen LogP contribution in [0.15, 0.2) is 12.7 Å². The summed E-state index contributed by atoms with van der Waals surface area (Å²) in [5, 5.41) is 24.5. The molecule has 1 aromatic rings. The van der Waals surface area contributed by atoms with Gasteiger partial charge in [0, 0.05) is 35.7 Å². The van der Waals surface area contributed by atoms with Crippen LogP contribution in [0, 0.1) is 22.7 Å². The largest absolute Gasteiger partial charge is 0.445 e. The first kappa shape index (κ1) is 26.1. The van der Waals surface area contributed by atoms with Gasteiger partial charge in [-0.3, -0.25) is 10.1 Å². The van der Waals surface area contributed by atoms with Crippen molar-refractivity contribution >= 4 is 28.5 Å². The van der Waals surface area contributed by atoms with Gasteiger partial charge in [0.15, 0.2) is 5.13 Å². The van der Waals surface area contributed by atoms with Gasteiger partial charge in [-0.15, -0.1) is 11.3 Å². The number of hydrogen-bond donors (Lipinski definition) is 3. The Bertz CT molecular complexity index is 959. The Kier molecular flexibility index (Phi) is 7.60. The van der Waals surface area contributed by atoms with Crippen molar-refractivity contribution in [3.63, 3.8) is 0 Å². The Morgan fingerprint density at radius 2 is 2.03 bits per heavy atom. The fourth-order valence-corrected chi connectivity index (χ4v) is 7.57. The van der Waals surface area contributed by atoms with Crippen LogP contribution >= 0.6 is 11.3 Å². The molecule has 35 heavy (non-hydrogen) atoms. The molecule has 1 saturated carbocycles. The molecule has 2 fully saturated rings. The van der Waals surface area contributed by atoms with Crippen LogP contribution in [0.3, 0.4) is 0 Å². The van der Waals surface area contributed by atoms with Crippen molar-refractivity contribution in [2.45, 2.75) is 71.3 Å². The number of likely N-dealkylation sites (tertiary alicyclic amines) is 1. The lowest BCUT2D eigenvalue weighted by atomic mass is 9.47. The maximum Gasteiger partial charge on any atom is 0.413 e. The second kappa shape index (κ2) is 10.2. The van der Waals surface area contributed by atoms with E-state index in [2.05, 4.69) is 25.7 Å². The maximum absolute atomic E-state index is 13.5. The monoisotopic (exact) mass is 505 g/mol. The second-order valence-corrected chi connectivity index (χ2v) is 12.2. The van der Waals surface area contributed by atoms with E-state index in [9.17, 15) is 19.8 Å². The minimum absolute atomic E-state index is 0.0172. The van der Waals surface area contributed by atoms with Crippen molar-refractivity contribution in [2.75, 3.05) is 31.6 Å². The molecule has 0 aromatic carbocycles. The maximum atomic E-state index is 13.5. The molecule has 0 bridgehead atoms. The Balaban J connectivity index is 1.67. The number of aromatic nitrogens is 1. The molecular weight excluding hydrogens is 466 g/mol. The number of fused-ring (bicyclic) bond motifs is 2. The minimum atomic E-state index is -0.674. The number of hydrogen-bond acceptors (Lipinski definition) is 7. The van der Waals surface area contributed by atoms with E-state index in [-0.39, 0.29) is 36.4 Å². The lowest BCUT2D eigenvalue weighted by molar-refractivity contribution is -0.147. The molecule has 0 unspecified atom stereocenters. The summed E-state index contributed by atoms with van der Waals surface area (Å²) in [7, 11) is 0. The average Bonchev–Trinajstić information content (AvgIpc) is 3.23. The van der Waals surface area contributed by atoms with Crippen LogP contribution in [0.1, 0.15) is 69.4 Å². The molecule has 1 aliphatic heterocycles. The first-order valence-electron chi connectivity index (χ1n) is 12.7. The van der Waals surface area contributed by atoms with Crippen molar-refractivity contribution < 1.29 is 24.5 Å². The molecule has 4 rings (SSSR count). The summed E-state index contributed by atoms with van der Waals surface area (Å²) < 4.78 is 5.06. The van der Waals surface area contributed by atoms with E-state index in [1.165, 1.54) is 17.4 Å². The van der Waals surface area contributed by atoms with E-state index in [1.54, 1.807) is 0 Å². The number of nitrogens with one attached hydrogen (secondary N) is 1. The molecule has 3 N–H and O–H groups in total. The second-order valence-electron chi connectivity index (χ2n) is 11.1. The highest BCUT2D eigenvalue weighted by Gasteiger charge is 2.59. The van der Waals surface area contributed by atoms with Crippen LogP contribution < -0.4 is 5.32 Å². The minimum Gasteiger partial charge on any atom is -0.445 e. The van der Waals surface area contributed by atoms with Gasteiger partial charge in [-0.05, 0) is 49.4 Å². The Morgan fingerprint density at radius 3 is 2.69 bits per heavy atom. The molecule has 0 spiro atoms. The lowest BCUT2D eigenvalue weighted by Crippen LogP contribution is -2.57. The highest BCUT2D eigenvalue weighted by molar-refractivity contribution is 7.15. The molecule has 1 aromatic heterocycles. The summed E-state index contributed by atoms with van der Waals surface area (Å²) in [5.74, 6) is 0.605. The molecule has 8 nitrogen and oxygen atoms in total. The van der Waals surface area contributed by atoms with Crippen LogP contribution in [0.5, 0.6) is 0 Å². The van der Waals surface area contributed by atoms with Gasteiger partial charge in [-0.2, -0.15) is 0 Å². The summed E-state index contributed by atoms with van der Waals surface area (Å²) in [6, 6.07) is 0. The fraction of sp³-hybridized carbons (Fsp3) is 0.731. The number of aliphatic hydroxyl groups excluding tert-OH is 2. The molecule has 3 aliphatic rings. The summed E-state index contributed by atoms with van der Waals surface area (Å²) in [6.45, 7) is 11.5. The van der Waals surface area contributed by atoms with E-state index in [4.69, 9.17) is 9.72 Å². The van der Waals surface area contributed by atoms with Gasteiger partial charge in [0.1, 0.15) is 6.61 Å². The molecule has 2 heterocycles. The highest BCUT2D eigenvalue weighted by Crippen LogP contribution is 2.63. The molecule has 5 atom stereocenters. The van der Waals surface area contributed by atoms with Gasteiger partial charge in [-0.1, -0.05) is 33.4 Å². The van der Waals surface area contributed by atoms with Crippen LogP contribution in [-0.4, -0.2) is 64.5 Å². The lowest BCUT2D eigenvalue weighted by Gasteiger charge is -2.58. The van der Waals surface area contributed by atoms with Gasteiger partial charge < -0.3 is 19.8 Å². The van der Waals surface area contributed by atoms with Crippen LogP contribution in [0.4, 0.5) is 9.93 Å².